The molecular weight excluding hydrogens is 504 g/mol. The number of thioether (sulfide) groups is 1. The molecule has 3 aromatic carbocycles. The maximum absolute atomic E-state index is 6.02. The molecule has 1 aliphatic carbocycles. The summed E-state index contributed by atoms with van der Waals surface area (Å²) in [6.45, 7) is 20.8. The highest BCUT2D eigenvalue weighted by atomic mass is 32.2. The first kappa shape index (κ1) is 37.7. The minimum Gasteiger partial charge on any atom is -0.310 e. The van der Waals surface area contributed by atoms with Crippen molar-refractivity contribution < 1.29 is 0 Å². The Morgan fingerprint density at radius 3 is 1.82 bits per heavy atom. The van der Waals surface area contributed by atoms with E-state index in [2.05, 4.69) is 95.5 Å². The van der Waals surface area contributed by atoms with Crippen LogP contribution in [0.3, 0.4) is 0 Å². The molecule has 0 bridgehead atoms. The van der Waals surface area contributed by atoms with E-state index in [-0.39, 0.29) is 0 Å². The van der Waals surface area contributed by atoms with Crippen molar-refractivity contribution in [3.8, 4) is 0 Å². The van der Waals surface area contributed by atoms with Crippen molar-refractivity contribution in [3.05, 3.63) is 101 Å². The first-order valence-corrected chi connectivity index (χ1v) is 16.5. The normalized spacial score (nSPS) is 12.2. The van der Waals surface area contributed by atoms with E-state index in [1.807, 2.05) is 64.6 Å². The second-order valence-electron chi connectivity index (χ2n) is 9.92. The van der Waals surface area contributed by atoms with Crippen molar-refractivity contribution in [3.63, 3.8) is 0 Å². The topological polar surface area (TPSA) is 52.0 Å². The van der Waals surface area contributed by atoms with Crippen LogP contribution in [0.25, 0.3) is 16.3 Å². The van der Waals surface area contributed by atoms with Crippen LogP contribution >= 0.6 is 11.8 Å². The van der Waals surface area contributed by atoms with E-state index in [0.717, 1.165) is 23.7 Å². The number of rotatable bonds is 6. The average molecular weight is 563 g/mol. The van der Waals surface area contributed by atoms with Gasteiger partial charge in [-0.3, -0.25) is 0 Å². The molecular formula is C37H58N2S. The van der Waals surface area contributed by atoms with Gasteiger partial charge in [0, 0.05) is 5.25 Å². The molecule has 0 heterocycles. The predicted molar refractivity (Wildman–Crippen MR) is 187 cm³/mol. The van der Waals surface area contributed by atoms with Crippen molar-refractivity contribution in [2.24, 2.45) is 11.5 Å². The van der Waals surface area contributed by atoms with Gasteiger partial charge in [-0.25, -0.2) is 0 Å². The average Bonchev–Trinajstić information content (AvgIpc) is 3.39. The number of nitrogens with two attached hydrogens (primary N) is 2. The predicted octanol–water partition coefficient (Wildman–Crippen LogP) is 10.7. The molecule has 2 nitrogen and oxygen atoms in total. The molecule has 0 aliphatic heterocycles. The summed E-state index contributed by atoms with van der Waals surface area (Å²) in [5.41, 5.74) is 18.9. The fourth-order valence-electron chi connectivity index (χ4n) is 4.37. The molecule has 0 radical (unpaired) electrons. The smallest absolute Gasteiger partial charge is 0.0841 e. The number of benzene rings is 3. The number of aryl methyl sites for hydroxylation is 2. The highest BCUT2D eigenvalue weighted by Gasteiger charge is 2.26. The lowest BCUT2D eigenvalue weighted by atomic mass is 9.94. The summed E-state index contributed by atoms with van der Waals surface area (Å²) in [7, 11) is 0. The zero-order valence-electron chi connectivity index (χ0n) is 27.4. The van der Waals surface area contributed by atoms with Crippen molar-refractivity contribution >= 4 is 28.1 Å². The molecule has 0 spiro atoms. The zero-order chi connectivity index (χ0) is 30.7. The van der Waals surface area contributed by atoms with Crippen LogP contribution in [0.2, 0.25) is 0 Å². The molecule has 0 amide bonds. The van der Waals surface area contributed by atoms with E-state index in [1.165, 1.54) is 51.5 Å². The van der Waals surface area contributed by atoms with Crippen LogP contribution in [0.1, 0.15) is 98.3 Å². The maximum Gasteiger partial charge on any atom is 0.0841 e. The summed E-state index contributed by atoms with van der Waals surface area (Å²) < 4.78 is 0. The summed E-state index contributed by atoms with van der Waals surface area (Å²) in [6, 6.07) is 23.6. The summed E-state index contributed by atoms with van der Waals surface area (Å²) in [5, 5.41) is 3.60. The van der Waals surface area contributed by atoms with E-state index < -0.39 is 5.66 Å². The van der Waals surface area contributed by atoms with Gasteiger partial charge in [-0.2, -0.15) is 11.8 Å². The Kier molecular flexibility index (Phi) is 19.3. The Morgan fingerprint density at radius 2 is 1.35 bits per heavy atom. The summed E-state index contributed by atoms with van der Waals surface area (Å²) in [4.78, 5) is 0. The van der Waals surface area contributed by atoms with Crippen LogP contribution in [-0.2, 0) is 6.42 Å². The van der Waals surface area contributed by atoms with Crippen LogP contribution in [-0.4, -0.2) is 17.2 Å². The Bertz CT molecular complexity index is 1140. The Hall–Kier alpha value is -2.33. The van der Waals surface area contributed by atoms with Crippen LogP contribution in [0.15, 0.2) is 84.0 Å². The molecule has 0 saturated carbocycles. The molecule has 0 aromatic heterocycles. The molecule has 1 aliphatic rings. The van der Waals surface area contributed by atoms with Gasteiger partial charge in [-0.05, 0) is 85.8 Å². The Labute approximate surface area is 251 Å². The van der Waals surface area contributed by atoms with Gasteiger partial charge in [-0.1, -0.05) is 132 Å². The number of hydrogen-bond acceptors (Lipinski definition) is 3. The van der Waals surface area contributed by atoms with Gasteiger partial charge >= 0.3 is 0 Å². The fraction of sp³-hybridized carbons (Fsp3) is 0.459. The highest BCUT2D eigenvalue weighted by molar-refractivity contribution is 7.99. The van der Waals surface area contributed by atoms with Crippen molar-refractivity contribution in [1.82, 2.24) is 0 Å². The van der Waals surface area contributed by atoms with Gasteiger partial charge in [0.25, 0.3) is 0 Å². The molecule has 0 unspecified atom stereocenters. The third-order valence-corrected chi connectivity index (χ3v) is 7.95. The van der Waals surface area contributed by atoms with Crippen LogP contribution in [0, 0.1) is 6.92 Å². The molecule has 3 aromatic rings. The second-order valence-corrected chi connectivity index (χ2v) is 11.1. The quantitative estimate of drug-likeness (QED) is 0.294. The Balaban J connectivity index is 0.000000570. The number of fused-ring (bicyclic) bond motifs is 1. The minimum absolute atomic E-state index is 0.737. The summed E-state index contributed by atoms with van der Waals surface area (Å²) >= 11 is 1.97. The van der Waals surface area contributed by atoms with Gasteiger partial charge in [0.1, 0.15) is 0 Å². The van der Waals surface area contributed by atoms with Gasteiger partial charge in [0.2, 0.25) is 0 Å². The largest absolute Gasteiger partial charge is 0.310 e. The molecule has 222 valence electrons. The van der Waals surface area contributed by atoms with Crippen molar-refractivity contribution in [1.29, 1.82) is 0 Å². The van der Waals surface area contributed by atoms with Crippen molar-refractivity contribution in [2.75, 3.05) is 6.26 Å². The molecule has 0 fully saturated rings. The lowest BCUT2D eigenvalue weighted by Crippen LogP contribution is -2.47. The second kappa shape index (κ2) is 20.5. The first-order chi connectivity index (χ1) is 19.1. The highest BCUT2D eigenvalue weighted by Crippen LogP contribution is 2.35. The number of allylic oxidation sites excluding steroid dienone is 3. The van der Waals surface area contributed by atoms with E-state index in [4.69, 9.17) is 11.5 Å². The Morgan fingerprint density at radius 1 is 0.800 bits per heavy atom. The van der Waals surface area contributed by atoms with Crippen LogP contribution in [0.4, 0.5) is 0 Å². The van der Waals surface area contributed by atoms with Gasteiger partial charge in [-0.15, -0.1) is 0 Å². The van der Waals surface area contributed by atoms with E-state index in [1.54, 1.807) is 0 Å². The third kappa shape index (κ3) is 12.9. The molecule has 40 heavy (non-hydrogen) atoms. The monoisotopic (exact) mass is 562 g/mol. The van der Waals surface area contributed by atoms with Gasteiger partial charge in [0.05, 0.1) is 5.66 Å². The van der Waals surface area contributed by atoms with Crippen LogP contribution in [0.5, 0.6) is 0 Å². The molecule has 4 rings (SSSR count). The third-order valence-electron chi connectivity index (χ3n) is 6.62. The van der Waals surface area contributed by atoms with E-state index >= 15 is 0 Å². The molecule has 4 N–H and O–H groups in total. The van der Waals surface area contributed by atoms with Crippen LogP contribution < -0.4 is 11.5 Å². The standard InChI is InChI=1S/C14H18N2.C13H14.C6H14S.2C2H6/c1-10-8-12(11-6-4-3-5-7-11)13(9-10)14(2,15)16;1-3-11-5-7-12-8-10(2)4-6-13(12)9-11;1-4-6(5-2)7-3;2*1-2/h3-8H,9,15-16H2,1-2H3;4-9H,3H2,1-2H3;6H,4-5H2,1-3H3;2*1-2H3. The molecule has 3 heteroatoms. The fourth-order valence-corrected chi connectivity index (χ4v) is 5.04. The van der Waals surface area contributed by atoms with Gasteiger partial charge < -0.3 is 11.5 Å². The lowest BCUT2D eigenvalue weighted by Gasteiger charge is -2.23. The summed E-state index contributed by atoms with van der Waals surface area (Å²) in [5.74, 6) is 0. The number of hydrogen-bond donors (Lipinski definition) is 2. The van der Waals surface area contributed by atoms with E-state index in [9.17, 15) is 0 Å². The maximum atomic E-state index is 6.02. The zero-order valence-corrected chi connectivity index (χ0v) is 28.2. The molecule has 0 saturated heterocycles. The van der Waals surface area contributed by atoms with Crippen molar-refractivity contribution in [2.45, 2.75) is 106 Å². The van der Waals surface area contributed by atoms with E-state index in [0.29, 0.717) is 0 Å². The van der Waals surface area contributed by atoms with Gasteiger partial charge in [0.15, 0.2) is 0 Å². The SMILES string of the molecule is CC.CC.CC1=CC(c2ccccc2)=C(C(C)(N)N)C1.CCC(CC)SC.CCc1ccc2cc(C)ccc2c1. The summed E-state index contributed by atoms with van der Waals surface area (Å²) in [6.07, 6.45) is 8.99. The first-order valence-electron chi connectivity index (χ1n) is 15.2. The molecule has 0 atom stereocenters. The minimum atomic E-state index is -0.737. The lowest BCUT2D eigenvalue weighted by molar-refractivity contribution is 0.568.